The Morgan fingerprint density at radius 1 is 0.949 bits per heavy atom. The lowest BCUT2D eigenvalue weighted by Crippen LogP contribution is -2.12. The molecule has 0 amide bonds. The van der Waals surface area contributed by atoms with E-state index in [-0.39, 0.29) is 11.8 Å². The van der Waals surface area contributed by atoms with Crippen LogP contribution >= 0.6 is 11.9 Å². The summed E-state index contributed by atoms with van der Waals surface area (Å²) in [5, 5.41) is 18.0. The van der Waals surface area contributed by atoms with Gasteiger partial charge in [-0.15, -0.1) is 0 Å². The lowest BCUT2D eigenvalue weighted by Gasteiger charge is -2.14. The lowest BCUT2D eigenvalue weighted by molar-refractivity contribution is 0.324. The van der Waals surface area contributed by atoms with Gasteiger partial charge in [-0.3, -0.25) is 5.21 Å². The minimum absolute atomic E-state index is 0.236. The summed E-state index contributed by atoms with van der Waals surface area (Å²) >= 11 is 1.12. The first-order valence-corrected chi connectivity index (χ1v) is 13.2. The highest BCUT2D eigenvalue weighted by Gasteiger charge is 2.14. The summed E-state index contributed by atoms with van der Waals surface area (Å²) in [6.45, 7) is 8.32. The molecule has 2 aromatic carbocycles. The van der Waals surface area contributed by atoms with E-state index in [2.05, 4.69) is 35.6 Å². The molecule has 5 rings (SSSR count). The lowest BCUT2D eigenvalue weighted by atomic mass is 10.0. The summed E-state index contributed by atoms with van der Waals surface area (Å²) in [4.78, 5) is 21.2. The summed E-state index contributed by atoms with van der Waals surface area (Å²) in [6, 6.07) is 14.6. The van der Waals surface area contributed by atoms with Crippen molar-refractivity contribution in [1.29, 1.82) is 0 Å². The first-order valence-electron chi connectivity index (χ1n) is 12.5. The fourth-order valence-electron chi connectivity index (χ4n) is 4.47. The first-order chi connectivity index (χ1) is 18.8. The molecule has 3 aromatic heterocycles. The van der Waals surface area contributed by atoms with E-state index in [0.717, 1.165) is 67.0 Å². The molecule has 0 radical (unpaired) electrons. The van der Waals surface area contributed by atoms with Crippen LogP contribution in [0.4, 0.5) is 27.7 Å². The molecule has 11 heteroatoms. The minimum Gasteiger partial charge on any atom is -0.370 e. The van der Waals surface area contributed by atoms with E-state index in [1.54, 1.807) is 0 Å². The fraction of sp³-hybridized carbons (Fsp3) is 0.214. The van der Waals surface area contributed by atoms with Crippen LogP contribution in [0.5, 0.6) is 0 Å². The summed E-state index contributed by atoms with van der Waals surface area (Å²) < 4.78 is 15.2. The van der Waals surface area contributed by atoms with Gasteiger partial charge in [0.15, 0.2) is 0 Å². The summed E-state index contributed by atoms with van der Waals surface area (Å²) in [5.41, 5.74) is 6.09. The van der Waals surface area contributed by atoms with Gasteiger partial charge in [0.25, 0.3) is 5.95 Å². The van der Waals surface area contributed by atoms with Crippen molar-refractivity contribution in [2.45, 2.75) is 39.0 Å². The molecule has 0 spiro atoms. The minimum atomic E-state index is -0.236. The number of hydrogen-bond donors (Lipinski definition) is 4. The van der Waals surface area contributed by atoms with Crippen LogP contribution in [-0.4, -0.2) is 36.7 Å². The number of anilines is 4. The van der Waals surface area contributed by atoms with E-state index in [4.69, 9.17) is 0 Å². The van der Waals surface area contributed by atoms with Gasteiger partial charge in [0.1, 0.15) is 23.8 Å². The Balaban J connectivity index is 1.19. The monoisotopic (exact) mass is 544 g/mol. The van der Waals surface area contributed by atoms with E-state index in [1.807, 2.05) is 70.2 Å². The largest absolute Gasteiger partial charge is 0.370 e. The molecule has 0 aliphatic carbocycles. The quantitative estimate of drug-likeness (QED) is 0.123. The molecule has 9 nitrogen and oxygen atoms in total. The molecular formula is C28H29FN8OS. The van der Waals surface area contributed by atoms with Crippen molar-refractivity contribution in [2.75, 3.05) is 21.6 Å². The summed E-state index contributed by atoms with van der Waals surface area (Å²) in [6.07, 6.45) is 2.22. The standard InChI is InChI=1S/C28H29FN8OS/c1-16-5-10-23(29)27-26(16)22(19(4)35-27)11-12-30-24-14-25(32-15-31-24)36-20-6-8-21(9-7-20)39-37(38)28-33-17(2)13-18(3)34-28/h5-10,13-15,35,38H,11-12H2,1-4H3,(H2,30,31,32,36). The van der Waals surface area contributed by atoms with Crippen molar-refractivity contribution >= 4 is 46.1 Å². The molecule has 39 heavy (non-hydrogen) atoms. The Hall–Kier alpha value is -4.22. The predicted octanol–water partition coefficient (Wildman–Crippen LogP) is 6.42. The smallest absolute Gasteiger partial charge is 0.261 e. The van der Waals surface area contributed by atoms with Gasteiger partial charge >= 0.3 is 0 Å². The van der Waals surface area contributed by atoms with Crippen molar-refractivity contribution < 1.29 is 9.60 Å². The number of hydrogen-bond acceptors (Lipinski definition) is 9. The molecule has 5 aromatic rings. The van der Waals surface area contributed by atoms with Gasteiger partial charge in [0, 0.05) is 57.6 Å². The van der Waals surface area contributed by atoms with Crippen LogP contribution in [0.25, 0.3) is 10.9 Å². The topological polar surface area (TPSA) is 115 Å². The number of aromatic amines is 1. The third-order valence-corrected chi connectivity index (χ3v) is 7.06. The van der Waals surface area contributed by atoms with E-state index >= 15 is 0 Å². The SMILES string of the molecule is Cc1cc(C)nc(N(O)Sc2ccc(Nc3cc(NCCc4c(C)[nH]c5c(F)ccc(C)c45)ncn3)cc2)n1. The van der Waals surface area contributed by atoms with Gasteiger partial charge in [0.05, 0.1) is 5.52 Å². The van der Waals surface area contributed by atoms with Gasteiger partial charge in [0.2, 0.25) is 0 Å². The molecule has 200 valence electrons. The highest BCUT2D eigenvalue weighted by molar-refractivity contribution is 8.00. The van der Waals surface area contributed by atoms with Crippen LogP contribution in [0.15, 0.2) is 59.8 Å². The zero-order chi connectivity index (χ0) is 27.5. The molecule has 0 aliphatic heterocycles. The number of halogens is 1. The van der Waals surface area contributed by atoms with Gasteiger partial charge in [-0.1, -0.05) is 6.07 Å². The molecule has 0 saturated carbocycles. The number of aromatic nitrogens is 5. The average Bonchev–Trinajstić information content (AvgIpc) is 3.24. The van der Waals surface area contributed by atoms with Gasteiger partial charge < -0.3 is 15.6 Å². The number of benzene rings is 2. The molecule has 4 N–H and O–H groups in total. The Labute approximate surface area is 230 Å². The number of H-pyrrole nitrogens is 1. The fourth-order valence-corrected chi connectivity index (χ4v) is 5.09. The zero-order valence-electron chi connectivity index (χ0n) is 22.1. The highest BCUT2D eigenvalue weighted by Crippen LogP contribution is 2.29. The van der Waals surface area contributed by atoms with Crippen LogP contribution in [0.1, 0.15) is 28.2 Å². The van der Waals surface area contributed by atoms with Crippen LogP contribution in [0.2, 0.25) is 0 Å². The van der Waals surface area contributed by atoms with Crippen LogP contribution in [0.3, 0.4) is 0 Å². The second-order valence-electron chi connectivity index (χ2n) is 9.27. The predicted molar refractivity (Wildman–Crippen MR) is 153 cm³/mol. The maximum atomic E-state index is 14.3. The molecule has 0 aliphatic rings. The maximum absolute atomic E-state index is 14.3. The molecule has 0 fully saturated rings. The van der Waals surface area contributed by atoms with E-state index < -0.39 is 0 Å². The van der Waals surface area contributed by atoms with Crippen LogP contribution < -0.4 is 15.1 Å². The summed E-state index contributed by atoms with van der Waals surface area (Å²) in [5.74, 6) is 1.33. The van der Waals surface area contributed by atoms with Crippen LogP contribution in [0, 0.1) is 33.5 Å². The van der Waals surface area contributed by atoms with Crippen LogP contribution in [-0.2, 0) is 6.42 Å². The van der Waals surface area contributed by atoms with Gasteiger partial charge in [-0.05, 0) is 81.6 Å². The number of nitrogens with zero attached hydrogens (tertiary/aromatic N) is 5. The Bertz CT molecular complexity index is 1600. The Morgan fingerprint density at radius 2 is 1.67 bits per heavy atom. The van der Waals surface area contributed by atoms with E-state index in [0.29, 0.717) is 23.7 Å². The van der Waals surface area contributed by atoms with Crippen molar-refractivity contribution in [3.63, 3.8) is 0 Å². The molecule has 0 atom stereocenters. The molecule has 0 saturated heterocycles. The van der Waals surface area contributed by atoms with Crippen molar-refractivity contribution in [1.82, 2.24) is 24.9 Å². The van der Waals surface area contributed by atoms with E-state index in [1.165, 1.54) is 12.4 Å². The number of aryl methyl sites for hydroxylation is 4. The molecule has 0 bridgehead atoms. The maximum Gasteiger partial charge on any atom is 0.261 e. The van der Waals surface area contributed by atoms with Crippen molar-refractivity contribution in [2.24, 2.45) is 0 Å². The number of rotatable bonds is 9. The van der Waals surface area contributed by atoms with Crippen molar-refractivity contribution in [3.8, 4) is 0 Å². The van der Waals surface area contributed by atoms with Gasteiger partial charge in [-0.25, -0.2) is 24.3 Å². The average molecular weight is 545 g/mol. The normalized spacial score (nSPS) is 11.1. The highest BCUT2D eigenvalue weighted by atomic mass is 32.2. The second kappa shape index (κ2) is 11.3. The Kier molecular flexibility index (Phi) is 7.62. The van der Waals surface area contributed by atoms with E-state index in [9.17, 15) is 9.60 Å². The summed E-state index contributed by atoms with van der Waals surface area (Å²) in [7, 11) is 0. The Morgan fingerprint density at radius 3 is 2.41 bits per heavy atom. The number of fused-ring (bicyclic) bond motifs is 1. The third-order valence-electron chi connectivity index (χ3n) is 6.24. The first kappa shape index (κ1) is 26.4. The zero-order valence-corrected chi connectivity index (χ0v) is 22.9. The van der Waals surface area contributed by atoms with Gasteiger partial charge in [-0.2, -0.15) is 4.47 Å². The molecular weight excluding hydrogens is 515 g/mol. The molecule has 3 heterocycles. The van der Waals surface area contributed by atoms with Crippen molar-refractivity contribution in [3.05, 3.63) is 88.9 Å². The number of nitrogens with one attached hydrogen (secondary N) is 3. The second-order valence-corrected chi connectivity index (χ2v) is 10.3. The molecule has 0 unspecified atom stereocenters. The third kappa shape index (κ3) is 6.10.